The Balaban J connectivity index is 1.29. The van der Waals surface area contributed by atoms with Crippen LogP contribution in [-0.4, -0.2) is 42.0 Å². The van der Waals surface area contributed by atoms with E-state index in [9.17, 15) is 4.79 Å². The molecule has 0 unspecified atom stereocenters. The summed E-state index contributed by atoms with van der Waals surface area (Å²) in [5, 5.41) is 0. The van der Waals surface area contributed by atoms with Crippen LogP contribution in [0.1, 0.15) is 42.3 Å². The molecule has 1 fully saturated rings. The van der Waals surface area contributed by atoms with Crippen LogP contribution in [0, 0.1) is 0 Å². The molecule has 166 valence electrons. The van der Waals surface area contributed by atoms with Crippen LogP contribution < -0.4 is 9.64 Å². The topological polar surface area (TPSA) is 45.7 Å². The largest absolute Gasteiger partial charge is 0.489 e. The molecule has 2 heterocycles. The Morgan fingerprint density at radius 1 is 0.875 bits per heavy atom. The number of ether oxygens (including phenoxy) is 1. The molecule has 0 N–H and O–H groups in total. The SMILES string of the molecule is CC(C)(C)c1ccc(OCc2ccc(C(=O)N3CCN(c4ccncc4)CC3)cc2)cc1. The first kappa shape index (κ1) is 21.9. The standard InChI is InChI=1S/C27H31N3O2/c1-27(2,3)23-8-10-25(11-9-23)32-20-21-4-6-22(7-5-21)26(31)30-18-16-29(17-19-30)24-12-14-28-15-13-24/h4-15H,16-20H2,1-3H3. The van der Waals surface area contributed by atoms with Crippen LogP contribution >= 0.6 is 0 Å². The predicted octanol–water partition coefficient (Wildman–Crippen LogP) is 4.92. The van der Waals surface area contributed by atoms with Crippen LogP contribution in [0.5, 0.6) is 5.75 Å². The lowest BCUT2D eigenvalue weighted by atomic mass is 9.87. The summed E-state index contributed by atoms with van der Waals surface area (Å²) >= 11 is 0. The van der Waals surface area contributed by atoms with Gasteiger partial charge in [0.05, 0.1) is 0 Å². The van der Waals surface area contributed by atoms with Crippen molar-refractivity contribution >= 4 is 11.6 Å². The highest BCUT2D eigenvalue weighted by Gasteiger charge is 2.22. The van der Waals surface area contributed by atoms with Gasteiger partial charge in [-0.1, -0.05) is 45.0 Å². The van der Waals surface area contributed by atoms with E-state index in [1.807, 2.05) is 53.4 Å². The Hall–Kier alpha value is -3.34. The van der Waals surface area contributed by atoms with Crippen LogP contribution in [0.25, 0.3) is 0 Å². The van der Waals surface area contributed by atoms with Crippen LogP contribution in [0.4, 0.5) is 5.69 Å². The summed E-state index contributed by atoms with van der Waals surface area (Å²) in [5.41, 5.74) is 4.34. The first-order chi connectivity index (χ1) is 15.4. The molecule has 1 aliphatic rings. The first-order valence-electron chi connectivity index (χ1n) is 11.2. The van der Waals surface area contributed by atoms with Crippen molar-refractivity contribution in [2.24, 2.45) is 0 Å². The van der Waals surface area contributed by atoms with Gasteiger partial charge < -0.3 is 14.5 Å². The maximum Gasteiger partial charge on any atom is 0.253 e. The van der Waals surface area contributed by atoms with E-state index in [-0.39, 0.29) is 11.3 Å². The van der Waals surface area contributed by atoms with Gasteiger partial charge in [0.1, 0.15) is 12.4 Å². The lowest BCUT2D eigenvalue weighted by molar-refractivity contribution is 0.0746. The van der Waals surface area contributed by atoms with Crippen LogP contribution in [-0.2, 0) is 12.0 Å². The van der Waals surface area contributed by atoms with E-state index in [0.29, 0.717) is 6.61 Å². The third-order valence-corrected chi connectivity index (χ3v) is 5.92. The van der Waals surface area contributed by atoms with Crippen molar-refractivity contribution in [1.29, 1.82) is 0 Å². The third-order valence-electron chi connectivity index (χ3n) is 5.92. The average Bonchev–Trinajstić information content (AvgIpc) is 2.83. The number of aromatic nitrogens is 1. The van der Waals surface area contributed by atoms with E-state index >= 15 is 0 Å². The summed E-state index contributed by atoms with van der Waals surface area (Å²) < 4.78 is 5.92. The summed E-state index contributed by atoms with van der Waals surface area (Å²) in [6.45, 7) is 10.2. The molecule has 0 aliphatic carbocycles. The van der Waals surface area contributed by atoms with Crippen LogP contribution in [0.2, 0.25) is 0 Å². The van der Waals surface area contributed by atoms with Crippen LogP contribution in [0.3, 0.4) is 0 Å². The fraction of sp³-hybridized carbons (Fsp3) is 0.333. The van der Waals surface area contributed by atoms with Gasteiger partial charge in [-0.25, -0.2) is 0 Å². The number of pyridine rings is 1. The second kappa shape index (κ2) is 9.43. The molecule has 0 radical (unpaired) electrons. The van der Waals surface area contributed by atoms with Gasteiger partial charge in [-0.15, -0.1) is 0 Å². The highest BCUT2D eigenvalue weighted by atomic mass is 16.5. The molecule has 1 aromatic heterocycles. The number of carbonyl (C=O) groups is 1. The Morgan fingerprint density at radius 2 is 1.50 bits per heavy atom. The van der Waals surface area contributed by atoms with Crippen molar-refractivity contribution in [3.05, 3.63) is 89.7 Å². The van der Waals surface area contributed by atoms with Gasteiger partial charge in [0.2, 0.25) is 0 Å². The van der Waals surface area contributed by atoms with Gasteiger partial charge in [0.15, 0.2) is 0 Å². The van der Waals surface area contributed by atoms with Gasteiger partial charge in [0.25, 0.3) is 5.91 Å². The Morgan fingerprint density at radius 3 is 2.09 bits per heavy atom. The molecule has 0 bridgehead atoms. The summed E-state index contributed by atoms with van der Waals surface area (Å²) in [7, 11) is 0. The lowest BCUT2D eigenvalue weighted by Gasteiger charge is -2.36. The third kappa shape index (κ3) is 5.28. The molecule has 5 nitrogen and oxygen atoms in total. The molecule has 0 atom stereocenters. The smallest absolute Gasteiger partial charge is 0.253 e. The highest BCUT2D eigenvalue weighted by molar-refractivity contribution is 5.94. The summed E-state index contributed by atoms with van der Waals surface area (Å²) in [5.74, 6) is 0.940. The molecule has 1 saturated heterocycles. The number of hydrogen-bond donors (Lipinski definition) is 0. The van der Waals surface area contributed by atoms with Gasteiger partial charge in [-0.05, 0) is 52.9 Å². The minimum Gasteiger partial charge on any atom is -0.489 e. The molecule has 1 amide bonds. The fourth-order valence-electron chi connectivity index (χ4n) is 3.87. The van der Waals surface area contributed by atoms with E-state index in [2.05, 4.69) is 42.8 Å². The first-order valence-corrected chi connectivity index (χ1v) is 11.2. The second-order valence-corrected chi connectivity index (χ2v) is 9.24. The minimum absolute atomic E-state index is 0.0876. The number of anilines is 1. The summed E-state index contributed by atoms with van der Waals surface area (Å²) in [4.78, 5) is 21.2. The Bertz CT molecular complexity index is 1020. The summed E-state index contributed by atoms with van der Waals surface area (Å²) in [6.07, 6.45) is 3.61. The van der Waals surface area contributed by atoms with Crippen LogP contribution in [0.15, 0.2) is 73.1 Å². The quantitative estimate of drug-likeness (QED) is 0.578. The lowest BCUT2D eigenvalue weighted by Crippen LogP contribution is -2.48. The Labute approximate surface area is 190 Å². The number of carbonyl (C=O) groups excluding carboxylic acids is 1. The number of amides is 1. The molecule has 0 spiro atoms. The maximum absolute atomic E-state index is 12.9. The number of nitrogens with zero attached hydrogens (tertiary/aromatic N) is 3. The predicted molar refractivity (Wildman–Crippen MR) is 128 cm³/mol. The van der Waals surface area contributed by atoms with E-state index in [1.165, 1.54) is 5.56 Å². The molecule has 32 heavy (non-hydrogen) atoms. The molecule has 0 saturated carbocycles. The molecule has 4 rings (SSSR count). The van der Waals surface area contributed by atoms with E-state index in [0.717, 1.165) is 48.7 Å². The minimum atomic E-state index is 0.0876. The molecule has 3 aromatic rings. The molecular weight excluding hydrogens is 398 g/mol. The molecular formula is C27H31N3O2. The van der Waals surface area contributed by atoms with E-state index in [4.69, 9.17) is 4.74 Å². The van der Waals surface area contributed by atoms with Crippen molar-refractivity contribution in [3.8, 4) is 5.75 Å². The number of benzene rings is 2. The highest BCUT2D eigenvalue weighted by Crippen LogP contribution is 2.24. The zero-order valence-corrected chi connectivity index (χ0v) is 19.1. The second-order valence-electron chi connectivity index (χ2n) is 9.24. The van der Waals surface area contributed by atoms with Crippen molar-refractivity contribution in [3.63, 3.8) is 0 Å². The monoisotopic (exact) mass is 429 g/mol. The van der Waals surface area contributed by atoms with Crippen molar-refractivity contribution in [2.45, 2.75) is 32.8 Å². The van der Waals surface area contributed by atoms with E-state index in [1.54, 1.807) is 12.4 Å². The number of rotatable bonds is 5. The number of hydrogen-bond acceptors (Lipinski definition) is 4. The zero-order chi connectivity index (χ0) is 22.6. The van der Waals surface area contributed by atoms with Crippen molar-refractivity contribution < 1.29 is 9.53 Å². The molecule has 1 aliphatic heterocycles. The van der Waals surface area contributed by atoms with Crippen molar-refractivity contribution in [1.82, 2.24) is 9.88 Å². The molecule has 2 aromatic carbocycles. The van der Waals surface area contributed by atoms with Gasteiger partial charge in [0, 0.05) is 49.8 Å². The fourth-order valence-corrected chi connectivity index (χ4v) is 3.87. The van der Waals surface area contributed by atoms with Gasteiger partial charge in [-0.2, -0.15) is 0 Å². The average molecular weight is 430 g/mol. The Kier molecular flexibility index (Phi) is 6.45. The normalized spacial score (nSPS) is 14.3. The van der Waals surface area contributed by atoms with Gasteiger partial charge >= 0.3 is 0 Å². The maximum atomic E-state index is 12.9. The summed E-state index contributed by atoms with van der Waals surface area (Å²) in [6, 6.07) is 20.0. The number of piperazine rings is 1. The van der Waals surface area contributed by atoms with Crippen molar-refractivity contribution in [2.75, 3.05) is 31.1 Å². The van der Waals surface area contributed by atoms with Gasteiger partial charge in [-0.3, -0.25) is 9.78 Å². The zero-order valence-electron chi connectivity index (χ0n) is 19.1. The van der Waals surface area contributed by atoms with E-state index < -0.39 is 0 Å². The molecule has 5 heteroatoms.